The zero-order chi connectivity index (χ0) is 21.2. The molecule has 0 bridgehead atoms. The molecule has 3 rings (SSSR count). The Labute approximate surface area is 168 Å². The van der Waals surface area contributed by atoms with E-state index in [-0.39, 0.29) is 10.5 Å². The second-order valence-electron chi connectivity index (χ2n) is 6.28. The number of hydrogen-bond donors (Lipinski definition) is 1. The van der Waals surface area contributed by atoms with Crippen LogP contribution in [0.25, 0.3) is 4.91 Å². The highest BCUT2D eigenvalue weighted by molar-refractivity contribution is 7.99. The summed E-state index contributed by atoms with van der Waals surface area (Å²) in [6.45, 7) is 0.811. The number of carbonyl (C=O) groups excluding carboxylic acids is 2. The van der Waals surface area contributed by atoms with E-state index in [1.165, 1.54) is 21.1 Å². The molecule has 0 fully saturated rings. The second kappa shape index (κ2) is 7.96. The number of amides is 2. The van der Waals surface area contributed by atoms with Gasteiger partial charge in [0.2, 0.25) is 5.91 Å². The van der Waals surface area contributed by atoms with Crippen LogP contribution in [0.15, 0.2) is 54.1 Å². The molecule has 0 radical (unpaired) electrons. The number of carbonyl (C=O) groups is 2. The van der Waals surface area contributed by atoms with Gasteiger partial charge in [0.25, 0.3) is 15.9 Å². The Morgan fingerprint density at radius 2 is 1.48 bits per heavy atom. The summed E-state index contributed by atoms with van der Waals surface area (Å²) in [7, 11) is -1.14. The Kier molecular flexibility index (Phi) is 5.60. The number of nitrogens with one attached hydrogen (secondary N) is 1. The molecular formula is C20H20N2O6S. The van der Waals surface area contributed by atoms with Gasteiger partial charge in [-0.05, 0) is 61.0 Å². The van der Waals surface area contributed by atoms with Gasteiger partial charge in [-0.1, -0.05) is 0 Å². The lowest BCUT2D eigenvalue weighted by atomic mass is 10.1. The van der Waals surface area contributed by atoms with Gasteiger partial charge in [0.15, 0.2) is 0 Å². The highest BCUT2D eigenvalue weighted by Crippen LogP contribution is 2.35. The van der Waals surface area contributed by atoms with Crippen LogP contribution in [0.4, 0.5) is 5.69 Å². The number of hydrogen-bond acceptors (Lipinski definition) is 6. The summed E-state index contributed by atoms with van der Waals surface area (Å²) in [4.78, 5) is 24.8. The van der Waals surface area contributed by atoms with Gasteiger partial charge in [0.05, 0.1) is 14.2 Å². The molecule has 0 spiro atoms. The summed E-state index contributed by atoms with van der Waals surface area (Å²) in [5, 5.41) is 2.58. The van der Waals surface area contributed by atoms with Crippen molar-refractivity contribution >= 4 is 32.4 Å². The molecule has 2 aromatic rings. The number of rotatable bonds is 6. The summed E-state index contributed by atoms with van der Waals surface area (Å²) in [5.74, 6) is -0.176. The zero-order valence-electron chi connectivity index (χ0n) is 16.1. The average molecular weight is 416 g/mol. The highest BCUT2D eigenvalue weighted by Gasteiger charge is 2.43. The van der Waals surface area contributed by atoms with Crippen molar-refractivity contribution in [2.45, 2.75) is 6.92 Å². The predicted octanol–water partition coefficient (Wildman–Crippen LogP) is 2.25. The summed E-state index contributed by atoms with van der Waals surface area (Å²) in [6, 6.07) is 12.9. The van der Waals surface area contributed by atoms with Gasteiger partial charge >= 0.3 is 0 Å². The SMILES string of the molecule is COc1ccc(NC(=O)CN2C(=O)C(C)=C(c3ccc(OC)cc3)S2(=O)=O)cc1. The second-order valence-corrected chi connectivity index (χ2v) is 8.08. The third-order valence-corrected chi connectivity index (χ3v) is 6.38. The lowest BCUT2D eigenvalue weighted by Crippen LogP contribution is -2.38. The molecule has 2 amide bonds. The van der Waals surface area contributed by atoms with E-state index >= 15 is 0 Å². The van der Waals surface area contributed by atoms with Gasteiger partial charge in [-0.15, -0.1) is 0 Å². The van der Waals surface area contributed by atoms with E-state index in [0.717, 1.165) is 0 Å². The summed E-state index contributed by atoms with van der Waals surface area (Å²) in [5.41, 5.74) is 0.877. The van der Waals surface area contributed by atoms with Crippen LogP contribution in [0.3, 0.4) is 0 Å². The van der Waals surface area contributed by atoms with Crippen LogP contribution in [0.5, 0.6) is 11.5 Å². The molecule has 8 nitrogen and oxygen atoms in total. The maximum Gasteiger partial charge on any atom is 0.268 e. The molecule has 152 valence electrons. The number of ether oxygens (including phenoxy) is 2. The molecule has 1 heterocycles. The van der Waals surface area contributed by atoms with E-state index in [2.05, 4.69) is 5.32 Å². The third-order valence-electron chi connectivity index (χ3n) is 4.45. The lowest BCUT2D eigenvalue weighted by molar-refractivity contribution is -0.126. The fourth-order valence-electron chi connectivity index (χ4n) is 2.97. The minimum atomic E-state index is -4.16. The number of sulfonamides is 1. The van der Waals surface area contributed by atoms with Crippen LogP contribution in [0, 0.1) is 0 Å². The van der Waals surface area contributed by atoms with Gasteiger partial charge < -0.3 is 14.8 Å². The summed E-state index contributed by atoms with van der Waals surface area (Å²) < 4.78 is 36.6. The van der Waals surface area contributed by atoms with Crippen molar-refractivity contribution in [2.75, 3.05) is 26.1 Å². The maximum atomic E-state index is 13.0. The van der Waals surface area contributed by atoms with Crippen molar-refractivity contribution in [3.05, 3.63) is 59.7 Å². The van der Waals surface area contributed by atoms with Gasteiger partial charge in [-0.3, -0.25) is 9.59 Å². The Bertz CT molecular complexity index is 1070. The van der Waals surface area contributed by atoms with Gasteiger partial charge in [-0.2, -0.15) is 0 Å². The van der Waals surface area contributed by atoms with E-state index in [0.29, 0.717) is 27.1 Å². The van der Waals surface area contributed by atoms with Crippen LogP contribution in [-0.2, 0) is 19.6 Å². The molecule has 2 aromatic carbocycles. The minimum absolute atomic E-state index is 0.0624. The largest absolute Gasteiger partial charge is 0.497 e. The Morgan fingerprint density at radius 3 is 2.00 bits per heavy atom. The minimum Gasteiger partial charge on any atom is -0.497 e. The van der Waals surface area contributed by atoms with Crippen molar-refractivity contribution in [1.29, 1.82) is 0 Å². The van der Waals surface area contributed by atoms with Crippen LogP contribution >= 0.6 is 0 Å². The van der Waals surface area contributed by atoms with Crippen molar-refractivity contribution in [1.82, 2.24) is 4.31 Å². The zero-order valence-corrected chi connectivity index (χ0v) is 16.9. The van der Waals surface area contributed by atoms with Crippen LogP contribution in [0.2, 0.25) is 0 Å². The Hall–Kier alpha value is -3.33. The molecule has 29 heavy (non-hydrogen) atoms. The predicted molar refractivity (Wildman–Crippen MR) is 108 cm³/mol. The third kappa shape index (κ3) is 3.95. The van der Waals surface area contributed by atoms with Crippen molar-refractivity contribution in [3.63, 3.8) is 0 Å². The van der Waals surface area contributed by atoms with E-state index in [9.17, 15) is 18.0 Å². The van der Waals surface area contributed by atoms with Gasteiger partial charge in [0.1, 0.15) is 22.9 Å². The number of benzene rings is 2. The molecule has 0 atom stereocenters. The summed E-state index contributed by atoms with van der Waals surface area (Å²) >= 11 is 0. The van der Waals surface area contributed by atoms with Crippen molar-refractivity contribution in [3.8, 4) is 11.5 Å². The number of methoxy groups -OCH3 is 2. The van der Waals surface area contributed by atoms with Crippen molar-refractivity contribution < 1.29 is 27.5 Å². The standard InChI is InChI=1S/C20H20N2O6S/c1-13-19(14-4-8-16(27-2)9-5-14)29(25,26)22(20(13)24)12-18(23)21-15-6-10-17(28-3)11-7-15/h4-11H,12H2,1-3H3,(H,21,23). The fourth-order valence-corrected chi connectivity index (χ4v) is 4.74. The quantitative estimate of drug-likeness (QED) is 0.775. The molecular weight excluding hydrogens is 396 g/mol. The molecule has 0 unspecified atom stereocenters. The van der Waals surface area contributed by atoms with Crippen molar-refractivity contribution in [2.24, 2.45) is 0 Å². The smallest absolute Gasteiger partial charge is 0.268 e. The van der Waals surface area contributed by atoms with Crippen LogP contribution < -0.4 is 14.8 Å². The lowest BCUT2D eigenvalue weighted by Gasteiger charge is -2.16. The Morgan fingerprint density at radius 1 is 0.966 bits per heavy atom. The fraction of sp³-hybridized carbons (Fsp3) is 0.200. The Balaban J connectivity index is 1.80. The number of anilines is 1. The highest BCUT2D eigenvalue weighted by atomic mass is 32.2. The normalized spacial score (nSPS) is 15.4. The monoisotopic (exact) mass is 416 g/mol. The maximum absolute atomic E-state index is 13.0. The summed E-state index contributed by atoms with van der Waals surface area (Å²) in [6.07, 6.45) is 0. The molecule has 1 aliphatic heterocycles. The molecule has 0 aliphatic carbocycles. The first kappa shape index (κ1) is 20.4. The first-order valence-electron chi connectivity index (χ1n) is 8.64. The van der Waals surface area contributed by atoms with E-state index in [1.807, 2.05) is 0 Å². The van der Waals surface area contributed by atoms with Gasteiger partial charge in [-0.25, -0.2) is 12.7 Å². The van der Waals surface area contributed by atoms with Crippen LogP contribution in [0.1, 0.15) is 12.5 Å². The number of nitrogens with zero attached hydrogens (tertiary/aromatic N) is 1. The molecule has 0 saturated heterocycles. The van der Waals surface area contributed by atoms with Crippen LogP contribution in [-0.4, -0.2) is 45.3 Å². The van der Waals surface area contributed by atoms with E-state index < -0.39 is 28.4 Å². The topological polar surface area (TPSA) is 102 Å². The first-order valence-corrected chi connectivity index (χ1v) is 10.1. The molecule has 9 heteroatoms. The molecule has 1 aliphatic rings. The molecule has 0 saturated carbocycles. The van der Waals surface area contributed by atoms with E-state index in [1.54, 1.807) is 48.5 Å². The molecule has 0 aromatic heterocycles. The van der Waals surface area contributed by atoms with Gasteiger partial charge in [0, 0.05) is 11.3 Å². The molecule has 1 N–H and O–H groups in total. The van der Waals surface area contributed by atoms with E-state index in [4.69, 9.17) is 9.47 Å². The first-order chi connectivity index (χ1) is 13.8. The average Bonchev–Trinajstić information content (AvgIpc) is 2.88.